The van der Waals surface area contributed by atoms with Crippen LogP contribution in [-0.2, 0) is 14.3 Å². The number of carbonyl (C=O) groups excluding carboxylic acids is 3. The second kappa shape index (κ2) is 10.2. The number of morpholine rings is 1. The van der Waals surface area contributed by atoms with Crippen molar-refractivity contribution >= 4 is 23.6 Å². The van der Waals surface area contributed by atoms with Gasteiger partial charge in [0.1, 0.15) is 0 Å². The number of anilines is 1. The molecule has 1 aromatic carbocycles. The van der Waals surface area contributed by atoms with E-state index in [1.54, 1.807) is 36.1 Å². The van der Waals surface area contributed by atoms with E-state index in [-0.39, 0.29) is 17.9 Å². The lowest BCUT2D eigenvalue weighted by Crippen LogP contribution is -2.53. The number of rotatable bonds is 5. The van der Waals surface area contributed by atoms with Crippen molar-refractivity contribution in [2.24, 2.45) is 0 Å². The SMILES string of the molecule is CCOC(=O)c1ccc(NC(=O)N2CCN(CC(=O)N3CCOCC3)CC2)cc1. The molecule has 0 radical (unpaired) electrons. The molecule has 2 aliphatic heterocycles. The van der Waals surface area contributed by atoms with Crippen LogP contribution in [0.1, 0.15) is 17.3 Å². The molecule has 2 aliphatic rings. The summed E-state index contributed by atoms with van der Waals surface area (Å²) in [6, 6.07) is 6.43. The first kappa shape index (κ1) is 21.1. The minimum atomic E-state index is -0.381. The van der Waals surface area contributed by atoms with Gasteiger partial charge in [-0.3, -0.25) is 9.69 Å². The van der Waals surface area contributed by atoms with Gasteiger partial charge in [-0.2, -0.15) is 0 Å². The number of hydrogen-bond acceptors (Lipinski definition) is 6. The van der Waals surface area contributed by atoms with Gasteiger partial charge in [-0.25, -0.2) is 9.59 Å². The highest BCUT2D eigenvalue weighted by Crippen LogP contribution is 2.13. The molecule has 0 aromatic heterocycles. The average Bonchev–Trinajstić information content (AvgIpc) is 2.75. The van der Waals surface area contributed by atoms with Gasteiger partial charge in [-0.1, -0.05) is 0 Å². The van der Waals surface area contributed by atoms with Crippen molar-refractivity contribution in [3.05, 3.63) is 29.8 Å². The van der Waals surface area contributed by atoms with Gasteiger partial charge in [0.05, 0.1) is 31.9 Å². The number of hydrogen-bond donors (Lipinski definition) is 1. The number of nitrogens with zero attached hydrogens (tertiary/aromatic N) is 3. The number of carbonyl (C=O) groups is 3. The Morgan fingerprint density at radius 3 is 2.24 bits per heavy atom. The fourth-order valence-corrected chi connectivity index (χ4v) is 3.32. The summed E-state index contributed by atoms with van der Waals surface area (Å²) < 4.78 is 10.2. The predicted molar refractivity (Wildman–Crippen MR) is 107 cm³/mol. The number of piperazine rings is 1. The molecule has 2 heterocycles. The van der Waals surface area contributed by atoms with Crippen molar-refractivity contribution in [1.82, 2.24) is 14.7 Å². The second-order valence-corrected chi connectivity index (χ2v) is 6.98. The number of esters is 1. The topological polar surface area (TPSA) is 91.4 Å². The molecule has 3 rings (SSSR count). The normalized spacial score (nSPS) is 17.7. The Hall–Kier alpha value is -2.65. The fourth-order valence-electron chi connectivity index (χ4n) is 3.32. The van der Waals surface area contributed by atoms with Crippen molar-refractivity contribution in [3.63, 3.8) is 0 Å². The van der Waals surface area contributed by atoms with Crippen molar-refractivity contribution in [2.45, 2.75) is 6.92 Å². The first-order valence-corrected chi connectivity index (χ1v) is 9.98. The largest absolute Gasteiger partial charge is 0.462 e. The molecule has 0 unspecified atom stereocenters. The number of amides is 3. The minimum Gasteiger partial charge on any atom is -0.462 e. The highest BCUT2D eigenvalue weighted by Gasteiger charge is 2.25. The number of ether oxygens (including phenoxy) is 2. The van der Waals surface area contributed by atoms with Crippen LogP contribution in [0.5, 0.6) is 0 Å². The summed E-state index contributed by atoms with van der Waals surface area (Å²) in [7, 11) is 0. The zero-order chi connectivity index (χ0) is 20.6. The van der Waals surface area contributed by atoms with Gasteiger partial charge in [-0.15, -0.1) is 0 Å². The van der Waals surface area contributed by atoms with Crippen LogP contribution in [-0.4, -0.2) is 98.2 Å². The molecule has 1 aromatic rings. The van der Waals surface area contributed by atoms with Crippen molar-refractivity contribution in [2.75, 3.05) is 71.0 Å². The van der Waals surface area contributed by atoms with Crippen LogP contribution in [0.4, 0.5) is 10.5 Å². The van der Waals surface area contributed by atoms with Gasteiger partial charge in [-0.05, 0) is 31.2 Å². The molecule has 0 aliphatic carbocycles. The Labute approximate surface area is 170 Å². The van der Waals surface area contributed by atoms with Gasteiger partial charge in [0.2, 0.25) is 5.91 Å². The van der Waals surface area contributed by atoms with Gasteiger partial charge < -0.3 is 24.6 Å². The molecule has 9 nitrogen and oxygen atoms in total. The minimum absolute atomic E-state index is 0.118. The Bertz CT molecular complexity index is 710. The maximum absolute atomic E-state index is 12.5. The second-order valence-electron chi connectivity index (χ2n) is 6.98. The first-order valence-electron chi connectivity index (χ1n) is 9.98. The summed E-state index contributed by atoms with van der Waals surface area (Å²) in [5, 5.41) is 2.84. The smallest absolute Gasteiger partial charge is 0.338 e. The van der Waals surface area contributed by atoms with Crippen LogP contribution < -0.4 is 5.32 Å². The van der Waals surface area contributed by atoms with E-state index in [1.807, 2.05) is 4.90 Å². The molecule has 158 valence electrons. The van der Waals surface area contributed by atoms with Crippen molar-refractivity contribution < 1.29 is 23.9 Å². The van der Waals surface area contributed by atoms with Gasteiger partial charge in [0, 0.05) is 45.0 Å². The van der Waals surface area contributed by atoms with E-state index < -0.39 is 0 Å². The van der Waals surface area contributed by atoms with Gasteiger partial charge >= 0.3 is 12.0 Å². The van der Waals surface area contributed by atoms with E-state index in [0.717, 1.165) is 0 Å². The first-order chi connectivity index (χ1) is 14.1. The summed E-state index contributed by atoms with van der Waals surface area (Å²) in [4.78, 5) is 42.1. The van der Waals surface area contributed by atoms with E-state index in [9.17, 15) is 14.4 Å². The van der Waals surface area contributed by atoms with Gasteiger partial charge in [0.15, 0.2) is 0 Å². The highest BCUT2D eigenvalue weighted by molar-refractivity contribution is 5.92. The molecule has 0 spiro atoms. The van der Waals surface area contributed by atoms with Gasteiger partial charge in [0.25, 0.3) is 0 Å². The predicted octanol–water partition coefficient (Wildman–Crippen LogP) is 0.872. The molecule has 2 saturated heterocycles. The summed E-state index contributed by atoms with van der Waals surface area (Å²) >= 11 is 0. The Morgan fingerprint density at radius 2 is 1.62 bits per heavy atom. The number of urea groups is 1. The third kappa shape index (κ3) is 5.91. The highest BCUT2D eigenvalue weighted by atomic mass is 16.5. The van der Waals surface area contributed by atoms with Crippen molar-refractivity contribution in [1.29, 1.82) is 0 Å². The van der Waals surface area contributed by atoms with E-state index in [0.29, 0.717) is 76.9 Å². The Balaban J connectivity index is 1.42. The Morgan fingerprint density at radius 1 is 0.966 bits per heavy atom. The Kier molecular flexibility index (Phi) is 7.42. The molecule has 0 atom stereocenters. The standard InChI is InChI=1S/C20H28N4O5/c1-2-29-19(26)16-3-5-17(6-4-16)21-20(27)24-9-7-22(8-10-24)15-18(25)23-11-13-28-14-12-23/h3-6H,2,7-15H2,1H3,(H,21,27). The molecular formula is C20H28N4O5. The molecule has 29 heavy (non-hydrogen) atoms. The third-order valence-electron chi connectivity index (χ3n) is 5.03. The zero-order valence-corrected chi connectivity index (χ0v) is 16.8. The molecule has 0 saturated carbocycles. The molecule has 2 fully saturated rings. The van der Waals surface area contributed by atoms with Crippen LogP contribution in [0.25, 0.3) is 0 Å². The van der Waals surface area contributed by atoms with E-state index in [2.05, 4.69) is 10.2 Å². The third-order valence-corrected chi connectivity index (χ3v) is 5.03. The number of nitrogens with one attached hydrogen (secondary N) is 1. The summed E-state index contributed by atoms with van der Waals surface area (Å²) in [5.74, 6) is -0.263. The van der Waals surface area contributed by atoms with Crippen LogP contribution in [0.15, 0.2) is 24.3 Å². The fraction of sp³-hybridized carbons (Fsp3) is 0.550. The molecule has 9 heteroatoms. The maximum atomic E-state index is 12.5. The number of benzene rings is 1. The molecule has 3 amide bonds. The maximum Gasteiger partial charge on any atom is 0.338 e. The molecular weight excluding hydrogens is 376 g/mol. The van der Waals surface area contributed by atoms with Crippen molar-refractivity contribution in [3.8, 4) is 0 Å². The van der Waals surface area contributed by atoms with E-state index in [4.69, 9.17) is 9.47 Å². The lowest BCUT2D eigenvalue weighted by Gasteiger charge is -2.36. The summed E-state index contributed by atoms with van der Waals surface area (Å²) in [6.45, 7) is 7.38. The van der Waals surface area contributed by atoms with Crippen LogP contribution in [0.3, 0.4) is 0 Å². The molecule has 1 N–H and O–H groups in total. The zero-order valence-electron chi connectivity index (χ0n) is 16.8. The summed E-state index contributed by atoms with van der Waals surface area (Å²) in [6.07, 6.45) is 0. The van der Waals surface area contributed by atoms with Crippen LogP contribution in [0.2, 0.25) is 0 Å². The lowest BCUT2D eigenvalue weighted by molar-refractivity contribution is -0.136. The van der Waals surface area contributed by atoms with E-state index in [1.165, 1.54) is 0 Å². The molecule has 0 bridgehead atoms. The summed E-state index contributed by atoms with van der Waals surface area (Å²) in [5.41, 5.74) is 1.07. The van der Waals surface area contributed by atoms with E-state index >= 15 is 0 Å². The monoisotopic (exact) mass is 404 g/mol. The average molecular weight is 404 g/mol. The lowest BCUT2D eigenvalue weighted by atomic mass is 10.2. The quantitative estimate of drug-likeness (QED) is 0.733. The van der Waals surface area contributed by atoms with Crippen LogP contribution in [0, 0.1) is 0 Å². The van der Waals surface area contributed by atoms with Crippen LogP contribution >= 0.6 is 0 Å².